The van der Waals surface area contributed by atoms with Gasteiger partial charge in [-0.15, -0.1) is 0 Å². The van der Waals surface area contributed by atoms with E-state index in [1.807, 2.05) is 17.9 Å². The molecular weight excluding hydrogens is 320 g/mol. The highest BCUT2D eigenvalue weighted by atomic mass is 16.5. The highest BCUT2D eigenvalue weighted by molar-refractivity contribution is 5.92. The Balaban J connectivity index is 1.57. The van der Waals surface area contributed by atoms with Crippen LogP contribution in [0, 0.1) is 6.92 Å². The van der Waals surface area contributed by atoms with Gasteiger partial charge in [0.1, 0.15) is 5.69 Å². The summed E-state index contributed by atoms with van der Waals surface area (Å²) in [7, 11) is 2.08. The molecule has 2 aromatic heterocycles. The van der Waals surface area contributed by atoms with Crippen LogP contribution in [-0.4, -0.2) is 62.2 Å². The molecular formula is C17H26N6O2. The van der Waals surface area contributed by atoms with Crippen molar-refractivity contribution in [2.45, 2.75) is 52.1 Å². The second-order valence-corrected chi connectivity index (χ2v) is 6.65. The van der Waals surface area contributed by atoms with E-state index < -0.39 is 0 Å². The largest absolute Gasteiger partial charge is 0.340 e. The Morgan fingerprint density at radius 3 is 2.96 bits per heavy atom. The lowest BCUT2D eigenvalue weighted by molar-refractivity contribution is 0.0751. The first kappa shape index (κ1) is 17.6. The van der Waals surface area contributed by atoms with Gasteiger partial charge in [0.15, 0.2) is 5.82 Å². The zero-order valence-corrected chi connectivity index (χ0v) is 15.2. The van der Waals surface area contributed by atoms with Crippen molar-refractivity contribution in [1.29, 1.82) is 0 Å². The minimum absolute atomic E-state index is 0.0213. The van der Waals surface area contributed by atoms with Crippen molar-refractivity contribution < 1.29 is 9.32 Å². The average Bonchev–Trinajstić information content (AvgIpc) is 3.16. The van der Waals surface area contributed by atoms with Crippen LogP contribution >= 0.6 is 0 Å². The molecule has 0 saturated carbocycles. The number of H-pyrrole nitrogens is 1. The lowest BCUT2D eigenvalue weighted by atomic mass is 10.1. The second-order valence-electron chi connectivity index (χ2n) is 6.65. The van der Waals surface area contributed by atoms with Gasteiger partial charge in [-0.2, -0.15) is 10.1 Å². The third-order valence-corrected chi connectivity index (χ3v) is 4.80. The molecule has 0 aromatic carbocycles. The average molecular weight is 346 g/mol. The minimum atomic E-state index is 0.0213. The van der Waals surface area contributed by atoms with Crippen molar-refractivity contribution in [2.75, 3.05) is 20.1 Å². The number of carbonyl (C=O) groups is 1. The van der Waals surface area contributed by atoms with Crippen LogP contribution < -0.4 is 0 Å². The van der Waals surface area contributed by atoms with Crippen LogP contribution in [0.2, 0.25) is 0 Å². The molecule has 0 bridgehead atoms. The van der Waals surface area contributed by atoms with E-state index in [-0.39, 0.29) is 5.91 Å². The number of aromatic nitrogens is 4. The van der Waals surface area contributed by atoms with Gasteiger partial charge in [-0.05, 0) is 38.8 Å². The molecule has 1 amide bonds. The number of aromatic amines is 1. The highest BCUT2D eigenvalue weighted by Gasteiger charge is 2.25. The number of nitrogens with one attached hydrogen (secondary N) is 1. The maximum atomic E-state index is 12.6. The molecule has 136 valence electrons. The molecule has 3 rings (SSSR count). The molecule has 0 spiro atoms. The van der Waals surface area contributed by atoms with E-state index in [9.17, 15) is 4.79 Å². The molecule has 3 heterocycles. The fraction of sp³-hybridized carbons (Fsp3) is 0.647. The maximum absolute atomic E-state index is 12.6. The van der Waals surface area contributed by atoms with Crippen LogP contribution in [0.15, 0.2) is 10.6 Å². The molecule has 1 fully saturated rings. The summed E-state index contributed by atoms with van der Waals surface area (Å²) >= 11 is 0. The van der Waals surface area contributed by atoms with Gasteiger partial charge in [-0.3, -0.25) is 14.8 Å². The number of nitrogens with zero attached hydrogens (tertiary/aromatic N) is 5. The maximum Gasteiger partial charge on any atom is 0.274 e. The van der Waals surface area contributed by atoms with Gasteiger partial charge in [0.2, 0.25) is 5.89 Å². The Morgan fingerprint density at radius 1 is 1.44 bits per heavy atom. The molecule has 2 aromatic rings. The Hall–Kier alpha value is -2.22. The zero-order chi connectivity index (χ0) is 17.8. The standard InChI is InChI=1S/C17H26N6O2/c1-4-13-10-15(20-19-13)17(24)23-8-5-6-14(7-9-23)22(3)11-16-18-12(2)25-21-16/h10,14H,4-9,11H2,1-3H3,(H,19,20). The third kappa shape index (κ3) is 4.25. The molecule has 8 nitrogen and oxygen atoms in total. The minimum Gasteiger partial charge on any atom is -0.340 e. The first-order chi connectivity index (χ1) is 12.1. The molecule has 1 aliphatic rings. The van der Waals surface area contributed by atoms with Crippen LogP contribution in [0.25, 0.3) is 0 Å². The molecule has 8 heteroatoms. The van der Waals surface area contributed by atoms with E-state index in [0.29, 0.717) is 30.0 Å². The van der Waals surface area contributed by atoms with Crippen LogP contribution in [0.1, 0.15) is 54.1 Å². The predicted molar refractivity (Wildman–Crippen MR) is 92.0 cm³/mol. The van der Waals surface area contributed by atoms with E-state index in [1.54, 1.807) is 6.92 Å². The molecule has 1 unspecified atom stereocenters. The second kappa shape index (κ2) is 7.77. The van der Waals surface area contributed by atoms with Crippen molar-refractivity contribution in [2.24, 2.45) is 0 Å². The van der Waals surface area contributed by atoms with E-state index in [2.05, 4.69) is 32.3 Å². The SMILES string of the molecule is CCc1cc(C(=O)N2CCCC(N(C)Cc3noc(C)n3)CC2)n[nH]1. The van der Waals surface area contributed by atoms with Crippen molar-refractivity contribution in [3.05, 3.63) is 29.2 Å². The van der Waals surface area contributed by atoms with E-state index in [1.165, 1.54) is 0 Å². The van der Waals surface area contributed by atoms with Gasteiger partial charge in [0, 0.05) is 31.7 Å². The Kier molecular flexibility index (Phi) is 5.47. The van der Waals surface area contributed by atoms with Crippen LogP contribution in [-0.2, 0) is 13.0 Å². The number of carbonyl (C=O) groups excluding carboxylic acids is 1. The van der Waals surface area contributed by atoms with Crippen LogP contribution in [0.4, 0.5) is 0 Å². The number of hydrogen-bond donors (Lipinski definition) is 1. The summed E-state index contributed by atoms with van der Waals surface area (Å²) in [6.07, 6.45) is 3.82. The summed E-state index contributed by atoms with van der Waals surface area (Å²) < 4.78 is 5.04. The molecule has 1 atom stereocenters. The lowest BCUT2D eigenvalue weighted by Gasteiger charge is -2.26. The van der Waals surface area contributed by atoms with Gasteiger partial charge < -0.3 is 9.42 Å². The molecule has 0 aliphatic carbocycles. The fourth-order valence-electron chi connectivity index (χ4n) is 3.29. The summed E-state index contributed by atoms with van der Waals surface area (Å²) in [5, 5.41) is 11.0. The number of likely N-dealkylation sites (tertiary alicyclic amines) is 1. The smallest absolute Gasteiger partial charge is 0.274 e. The van der Waals surface area contributed by atoms with Gasteiger partial charge >= 0.3 is 0 Å². The lowest BCUT2D eigenvalue weighted by Crippen LogP contribution is -2.35. The Morgan fingerprint density at radius 2 is 2.28 bits per heavy atom. The molecule has 1 aliphatic heterocycles. The molecule has 25 heavy (non-hydrogen) atoms. The van der Waals surface area contributed by atoms with Crippen molar-refractivity contribution in [3.8, 4) is 0 Å². The summed E-state index contributed by atoms with van der Waals surface area (Å²) in [6, 6.07) is 2.26. The van der Waals surface area contributed by atoms with E-state index in [0.717, 1.165) is 44.5 Å². The summed E-state index contributed by atoms with van der Waals surface area (Å²) in [4.78, 5) is 21.1. The fourth-order valence-corrected chi connectivity index (χ4v) is 3.29. The number of rotatable bonds is 5. The number of amides is 1. The van der Waals surface area contributed by atoms with Crippen molar-refractivity contribution in [3.63, 3.8) is 0 Å². The molecule has 1 saturated heterocycles. The highest BCUT2D eigenvalue weighted by Crippen LogP contribution is 2.19. The molecule has 1 N–H and O–H groups in total. The van der Waals surface area contributed by atoms with Crippen molar-refractivity contribution in [1.82, 2.24) is 30.1 Å². The predicted octanol–water partition coefficient (Wildman–Crippen LogP) is 1.79. The topological polar surface area (TPSA) is 91.2 Å². The Bertz CT molecular complexity index is 710. The van der Waals surface area contributed by atoms with Crippen LogP contribution in [0.3, 0.4) is 0 Å². The summed E-state index contributed by atoms with van der Waals surface area (Å²) in [5.41, 5.74) is 1.51. The quantitative estimate of drug-likeness (QED) is 0.887. The van der Waals surface area contributed by atoms with Gasteiger partial charge in [-0.25, -0.2) is 0 Å². The first-order valence-corrected chi connectivity index (χ1v) is 8.89. The van der Waals surface area contributed by atoms with Gasteiger partial charge in [-0.1, -0.05) is 12.1 Å². The Labute approximate surface area is 147 Å². The van der Waals surface area contributed by atoms with E-state index >= 15 is 0 Å². The van der Waals surface area contributed by atoms with E-state index in [4.69, 9.17) is 4.52 Å². The van der Waals surface area contributed by atoms with Crippen molar-refractivity contribution >= 4 is 5.91 Å². The summed E-state index contributed by atoms with van der Waals surface area (Å²) in [6.45, 7) is 6.02. The monoisotopic (exact) mass is 346 g/mol. The summed E-state index contributed by atoms with van der Waals surface area (Å²) in [5.74, 6) is 1.32. The normalized spacial score (nSPS) is 18.6. The third-order valence-electron chi connectivity index (χ3n) is 4.80. The van der Waals surface area contributed by atoms with Gasteiger partial charge in [0.25, 0.3) is 5.91 Å². The number of hydrogen-bond acceptors (Lipinski definition) is 6. The number of aryl methyl sites for hydroxylation is 2. The zero-order valence-electron chi connectivity index (χ0n) is 15.2. The van der Waals surface area contributed by atoms with Gasteiger partial charge in [0.05, 0.1) is 6.54 Å². The van der Waals surface area contributed by atoms with Crippen LogP contribution in [0.5, 0.6) is 0 Å². The first-order valence-electron chi connectivity index (χ1n) is 8.89. The molecule has 0 radical (unpaired) electrons.